The second-order valence-corrected chi connectivity index (χ2v) is 7.46. The lowest BCUT2D eigenvalue weighted by atomic mass is 10.0. The highest BCUT2D eigenvalue weighted by molar-refractivity contribution is 5.79. The zero-order chi connectivity index (χ0) is 18.2. The van der Waals surface area contributed by atoms with Crippen molar-refractivity contribution < 1.29 is 4.79 Å². The Hall–Kier alpha value is -2.95. The van der Waals surface area contributed by atoms with Crippen molar-refractivity contribution in [1.29, 1.82) is 0 Å². The van der Waals surface area contributed by atoms with Gasteiger partial charge in [0.2, 0.25) is 5.91 Å². The van der Waals surface area contributed by atoms with Crippen LogP contribution in [0.1, 0.15) is 36.0 Å². The smallest absolute Gasteiger partial charge is 0.227 e. The number of rotatable bonds is 4. The number of nitrogens with zero attached hydrogens (tertiary/aromatic N) is 4. The lowest BCUT2D eigenvalue weighted by molar-refractivity contribution is -0.132. The molecule has 136 valence electrons. The molecule has 0 bridgehead atoms. The molecular formula is C22H22N4O. The molecule has 1 aliphatic carbocycles. The molecule has 1 saturated carbocycles. The van der Waals surface area contributed by atoms with Crippen molar-refractivity contribution in [2.24, 2.45) is 0 Å². The monoisotopic (exact) mass is 358 g/mol. The largest absolute Gasteiger partial charge is 0.333 e. The molecular weight excluding hydrogens is 336 g/mol. The van der Waals surface area contributed by atoms with E-state index >= 15 is 0 Å². The second-order valence-electron chi connectivity index (χ2n) is 7.46. The van der Waals surface area contributed by atoms with E-state index in [0.29, 0.717) is 18.9 Å². The van der Waals surface area contributed by atoms with Crippen molar-refractivity contribution in [3.05, 3.63) is 71.8 Å². The molecule has 2 aliphatic rings. The SMILES string of the molecule is O=C(Cc1ccc(-c2ccccc2)cc1)N1CCn2c(nnc2C2CC2)C1. The highest BCUT2D eigenvalue weighted by Gasteiger charge is 2.32. The van der Waals surface area contributed by atoms with Crippen molar-refractivity contribution in [3.63, 3.8) is 0 Å². The lowest BCUT2D eigenvalue weighted by Crippen LogP contribution is -2.39. The third-order valence-corrected chi connectivity index (χ3v) is 5.49. The van der Waals surface area contributed by atoms with Gasteiger partial charge < -0.3 is 9.47 Å². The molecule has 0 spiro atoms. The Balaban J connectivity index is 1.25. The minimum Gasteiger partial charge on any atom is -0.333 e. The molecule has 0 atom stereocenters. The van der Waals surface area contributed by atoms with Gasteiger partial charge in [0.05, 0.1) is 13.0 Å². The number of amides is 1. The molecule has 5 nitrogen and oxygen atoms in total. The maximum absolute atomic E-state index is 12.8. The quantitative estimate of drug-likeness (QED) is 0.718. The topological polar surface area (TPSA) is 51.0 Å². The van der Waals surface area contributed by atoms with Crippen LogP contribution >= 0.6 is 0 Å². The van der Waals surface area contributed by atoms with Gasteiger partial charge in [-0.15, -0.1) is 10.2 Å². The van der Waals surface area contributed by atoms with Crippen LogP contribution in [0.5, 0.6) is 0 Å². The molecule has 0 saturated heterocycles. The Kier molecular flexibility index (Phi) is 4.00. The molecule has 2 aromatic carbocycles. The molecule has 1 fully saturated rings. The summed E-state index contributed by atoms with van der Waals surface area (Å²) < 4.78 is 2.22. The number of fused-ring (bicyclic) bond motifs is 1. The predicted molar refractivity (Wildman–Crippen MR) is 103 cm³/mol. The highest BCUT2D eigenvalue weighted by atomic mass is 16.2. The van der Waals surface area contributed by atoms with Gasteiger partial charge in [-0.2, -0.15) is 0 Å². The zero-order valence-electron chi connectivity index (χ0n) is 15.2. The molecule has 3 aromatic rings. The fourth-order valence-electron chi connectivity index (χ4n) is 3.77. The van der Waals surface area contributed by atoms with E-state index in [4.69, 9.17) is 0 Å². The van der Waals surface area contributed by atoms with E-state index < -0.39 is 0 Å². The summed E-state index contributed by atoms with van der Waals surface area (Å²) >= 11 is 0. The Bertz CT molecular complexity index is 958. The first-order chi connectivity index (χ1) is 13.3. The predicted octanol–water partition coefficient (Wildman–Crippen LogP) is 3.41. The summed E-state index contributed by atoms with van der Waals surface area (Å²) in [4.78, 5) is 14.7. The van der Waals surface area contributed by atoms with Crippen LogP contribution in [0, 0.1) is 0 Å². The average Bonchev–Trinajstić information content (AvgIpc) is 3.48. The van der Waals surface area contributed by atoms with Crippen LogP contribution in [0.4, 0.5) is 0 Å². The third-order valence-electron chi connectivity index (χ3n) is 5.49. The van der Waals surface area contributed by atoms with E-state index in [1.807, 2.05) is 23.1 Å². The van der Waals surface area contributed by atoms with Crippen LogP contribution in [0.25, 0.3) is 11.1 Å². The Morgan fingerprint density at radius 1 is 0.926 bits per heavy atom. The molecule has 1 aromatic heterocycles. The highest BCUT2D eigenvalue weighted by Crippen LogP contribution is 2.39. The minimum absolute atomic E-state index is 0.157. The Morgan fingerprint density at radius 3 is 2.41 bits per heavy atom. The summed E-state index contributed by atoms with van der Waals surface area (Å²) in [6, 6.07) is 18.6. The van der Waals surface area contributed by atoms with E-state index in [9.17, 15) is 4.79 Å². The number of carbonyl (C=O) groups is 1. The minimum atomic E-state index is 0.157. The maximum Gasteiger partial charge on any atom is 0.227 e. The molecule has 5 rings (SSSR count). The summed E-state index contributed by atoms with van der Waals surface area (Å²) in [7, 11) is 0. The van der Waals surface area contributed by atoms with Gasteiger partial charge in [-0.3, -0.25) is 4.79 Å². The molecule has 1 aliphatic heterocycles. The number of aromatic nitrogens is 3. The number of hydrogen-bond donors (Lipinski definition) is 0. The van der Waals surface area contributed by atoms with Gasteiger partial charge in [0.15, 0.2) is 5.82 Å². The van der Waals surface area contributed by atoms with Gasteiger partial charge >= 0.3 is 0 Å². The first kappa shape index (κ1) is 16.2. The standard InChI is InChI=1S/C22H22N4O/c27-21(14-16-6-8-18(9-7-16)17-4-2-1-3-5-17)25-12-13-26-20(15-25)23-24-22(26)19-10-11-19/h1-9,19H,10-15H2. The fourth-order valence-corrected chi connectivity index (χ4v) is 3.77. The molecule has 1 amide bonds. The van der Waals surface area contributed by atoms with Crippen molar-refractivity contribution in [2.75, 3.05) is 6.54 Å². The first-order valence-electron chi connectivity index (χ1n) is 9.62. The van der Waals surface area contributed by atoms with Gasteiger partial charge in [-0.05, 0) is 29.5 Å². The van der Waals surface area contributed by atoms with E-state index in [-0.39, 0.29) is 5.91 Å². The number of benzene rings is 2. The van der Waals surface area contributed by atoms with Crippen molar-refractivity contribution >= 4 is 5.91 Å². The normalized spacial score (nSPS) is 16.2. The molecule has 0 N–H and O–H groups in total. The first-order valence-corrected chi connectivity index (χ1v) is 9.62. The van der Waals surface area contributed by atoms with Crippen LogP contribution < -0.4 is 0 Å². The van der Waals surface area contributed by atoms with E-state index in [1.165, 1.54) is 24.0 Å². The summed E-state index contributed by atoms with van der Waals surface area (Å²) in [5.41, 5.74) is 3.41. The molecule has 0 unspecified atom stereocenters. The Morgan fingerprint density at radius 2 is 1.67 bits per heavy atom. The maximum atomic E-state index is 12.8. The van der Waals surface area contributed by atoms with Crippen LogP contribution in [0.15, 0.2) is 54.6 Å². The summed E-state index contributed by atoms with van der Waals surface area (Å²) in [6.07, 6.45) is 2.87. The molecule has 2 heterocycles. The number of hydrogen-bond acceptors (Lipinski definition) is 3. The van der Waals surface area contributed by atoms with E-state index in [1.54, 1.807) is 0 Å². The van der Waals surface area contributed by atoms with E-state index in [0.717, 1.165) is 30.3 Å². The summed E-state index contributed by atoms with van der Waals surface area (Å²) in [5, 5.41) is 8.67. The van der Waals surface area contributed by atoms with Crippen molar-refractivity contribution in [1.82, 2.24) is 19.7 Å². The lowest BCUT2D eigenvalue weighted by Gasteiger charge is -2.28. The van der Waals surface area contributed by atoms with Gasteiger partial charge in [0.1, 0.15) is 5.82 Å². The van der Waals surface area contributed by atoms with Gasteiger partial charge in [-0.25, -0.2) is 0 Å². The summed E-state index contributed by atoms with van der Waals surface area (Å²) in [5.74, 6) is 2.80. The fraction of sp³-hybridized carbons (Fsp3) is 0.318. The molecule has 0 radical (unpaired) electrons. The van der Waals surface area contributed by atoms with Gasteiger partial charge in [-0.1, -0.05) is 54.6 Å². The average molecular weight is 358 g/mol. The summed E-state index contributed by atoms with van der Waals surface area (Å²) in [6.45, 7) is 2.12. The van der Waals surface area contributed by atoms with Crippen LogP contribution in [-0.2, 0) is 24.3 Å². The molecule has 27 heavy (non-hydrogen) atoms. The molecule has 5 heteroatoms. The van der Waals surface area contributed by atoms with Crippen LogP contribution in [0.2, 0.25) is 0 Å². The van der Waals surface area contributed by atoms with Gasteiger partial charge in [0, 0.05) is 19.0 Å². The van der Waals surface area contributed by atoms with Gasteiger partial charge in [0.25, 0.3) is 0 Å². The van der Waals surface area contributed by atoms with Crippen molar-refractivity contribution in [3.8, 4) is 11.1 Å². The van der Waals surface area contributed by atoms with Crippen LogP contribution in [0.3, 0.4) is 0 Å². The number of carbonyl (C=O) groups excluding carboxylic acids is 1. The second kappa shape index (κ2) is 6.65. The third kappa shape index (κ3) is 3.25. The zero-order valence-corrected chi connectivity index (χ0v) is 15.2. The van der Waals surface area contributed by atoms with Crippen LogP contribution in [-0.4, -0.2) is 32.1 Å². The Labute approximate surface area is 158 Å². The van der Waals surface area contributed by atoms with Crippen molar-refractivity contribution in [2.45, 2.75) is 38.3 Å². The van der Waals surface area contributed by atoms with E-state index in [2.05, 4.69) is 51.2 Å².